The molecule has 0 aliphatic heterocycles. The van der Waals surface area contributed by atoms with Crippen LogP contribution in [0.4, 0.5) is 17.6 Å². The third kappa shape index (κ3) is 6.49. The summed E-state index contributed by atoms with van der Waals surface area (Å²) in [5.41, 5.74) is 0.506. The maximum absolute atomic E-state index is 13.9. The molecule has 0 heterocycles. The Labute approximate surface area is 177 Å². The number of rotatable bonds is 9. The smallest absolute Gasteiger partial charge is 0.387 e. The van der Waals surface area contributed by atoms with Gasteiger partial charge in [0.2, 0.25) is 0 Å². The highest BCUT2D eigenvalue weighted by atomic mass is 19.3. The fourth-order valence-corrected chi connectivity index (χ4v) is 5.58. The molecule has 1 aromatic carbocycles. The lowest BCUT2D eigenvalue weighted by molar-refractivity contribution is -0.0546. The van der Waals surface area contributed by atoms with Crippen molar-refractivity contribution in [3.8, 4) is 5.75 Å². The van der Waals surface area contributed by atoms with Crippen LogP contribution in [-0.2, 0) is 6.42 Å². The Morgan fingerprint density at radius 1 is 0.867 bits per heavy atom. The van der Waals surface area contributed by atoms with Gasteiger partial charge < -0.3 is 4.74 Å². The molecular formula is C25H34F4O. The molecule has 0 aromatic heterocycles. The second-order valence-corrected chi connectivity index (χ2v) is 9.23. The highest BCUT2D eigenvalue weighted by Crippen LogP contribution is 2.43. The summed E-state index contributed by atoms with van der Waals surface area (Å²) in [5, 5.41) is 0. The van der Waals surface area contributed by atoms with E-state index in [0.717, 1.165) is 42.7 Å². The molecule has 2 aliphatic rings. The van der Waals surface area contributed by atoms with E-state index in [1.807, 2.05) is 6.08 Å². The van der Waals surface area contributed by atoms with Crippen LogP contribution in [0.15, 0.2) is 24.8 Å². The van der Waals surface area contributed by atoms with E-state index in [-0.39, 0.29) is 0 Å². The first-order valence-electron chi connectivity index (χ1n) is 11.5. The molecule has 0 radical (unpaired) electrons. The van der Waals surface area contributed by atoms with Crippen molar-refractivity contribution in [3.63, 3.8) is 0 Å². The summed E-state index contributed by atoms with van der Waals surface area (Å²) < 4.78 is 56.2. The van der Waals surface area contributed by atoms with E-state index in [9.17, 15) is 17.6 Å². The van der Waals surface area contributed by atoms with Gasteiger partial charge in [0.15, 0.2) is 17.4 Å². The Morgan fingerprint density at radius 2 is 1.37 bits per heavy atom. The van der Waals surface area contributed by atoms with Crippen molar-refractivity contribution in [2.75, 3.05) is 0 Å². The summed E-state index contributed by atoms with van der Waals surface area (Å²) in [6.45, 7) is 0.589. The predicted molar refractivity (Wildman–Crippen MR) is 112 cm³/mol. The van der Waals surface area contributed by atoms with Gasteiger partial charge in [-0.05, 0) is 92.7 Å². The standard InChI is InChI=1S/C25H34F4O/c1-2-3-4-17-7-11-20(12-8-17)21-13-9-18(10-14-21)5-6-19-15-22(26)24(23(27)16-19)30-25(28)29/h2,15-18,20-21,25H,1,3-14H2/t17-,18-,20-,21-. The van der Waals surface area contributed by atoms with Crippen molar-refractivity contribution in [1.29, 1.82) is 0 Å². The van der Waals surface area contributed by atoms with Crippen LogP contribution in [0.1, 0.15) is 76.2 Å². The fraction of sp³-hybridized carbons (Fsp3) is 0.680. The zero-order chi connectivity index (χ0) is 21.5. The first kappa shape index (κ1) is 23.1. The molecule has 168 valence electrons. The first-order chi connectivity index (χ1) is 14.5. The topological polar surface area (TPSA) is 9.23 Å². The van der Waals surface area contributed by atoms with Crippen LogP contribution in [0.3, 0.4) is 0 Å². The molecule has 0 N–H and O–H groups in total. The number of alkyl halides is 2. The monoisotopic (exact) mass is 426 g/mol. The second kappa shape index (κ2) is 11.2. The lowest BCUT2D eigenvalue weighted by Gasteiger charge is -2.38. The largest absolute Gasteiger partial charge is 0.429 e. The van der Waals surface area contributed by atoms with Crippen molar-refractivity contribution in [3.05, 3.63) is 42.0 Å². The van der Waals surface area contributed by atoms with Gasteiger partial charge in [0, 0.05) is 0 Å². The summed E-state index contributed by atoms with van der Waals surface area (Å²) >= 11 is 0. The highest BCUT2D eigenvalue weighted by molar-refractivity contribution is 5.31. The maximum Gasteiger partial charge on any atom is 0.387 e. The van der Waals surface area contributed by atoms with Crippen LogP contribution < -0.4 is 4.74 Å². The quantitative estimate of drug-likeness (QED) is 0.286. The zero-order valence-corrected chi connectivity index (χ0v) is 17.7. The molecule has 0 amide bonds. The summed E-state index contributed by atoms with van der Waals surface area (Å²) in [4.78, 5) is 0. The van der Waals surface area contributed by atoms with Crippen LogP contribution >= 0.6 is 0 Å². The molecule has 3 rings (SSSR count). The van der Waals surface area contributed by atoms with E-state index in [0.29, 0.717) is 17.9 Å². The Balaban J connectivity index is 1.41. The number of benzene rings is 1. The molecular weight excluding hydrogens is 392 g/mol. The molecule has 1 aromatic rings. The number of aryl methyl sites for hydroxylation is 1. The van der Waals surface area contributed by atoms with Crippen molar-refractivity contribution >= 4 is 0 Å². The van der Waals surface area contributed by atoms with Gasteiger partial charge in [0.05, 0.1) is 0 Å². The van der Waals surface area contributed by atoms with Crippen LogP contribution in [0.25, 0.3) is 0 Å². The maximum atomic E-state index is 13.9. The first-order valence-corrected chi connectivity index (χ1v) is 11.5. The van der Waals surface area contributed by atoms with Gasteiger partial charge >= 0.3 is 6.61 Å². The van der Waals surface area contributed by atoms with Crippen molar-refractivity contribution in [1.82, 2.24) is 0 Å². The molecule has 2 fully saturated rings. The summed E-state index contributed by atoms with van der Waals surface area (Å²) in [6, 6.07) is 2.24. The van der Waals surface area contributed by atoms with Gasteiger partial charge in [0.25, 0.3) is 0 Å². The number of allylic oxidation sites excluding steroid dienone is 1. The molecule has 0 saturated heterocycles. The number of ether oxygens (including phenoxy) is 1. The number of hydrogen-bond donors (Lipinski definition) is 0. The minimum absolute atomic E-state index is 0.506. The molecule has 2 aliphatic carbocycles. The van der Waals surface area contributed by atoms with E-state index in [1.54, 1.807) is 0 Å². The highest BCUT2D eigenvalue weighted by Gasteiger charge is 2.30. The Hall–Kier alpha value is -1.52. The average molecular weight is 427 g/mol. The SMILES string of the molecule is C=CCC[C@H]1CC[C@H]([C@H]2CC[C@H](CCc3cc(F)c(OC(F)F)c(F)c3)CC2)CC1. The fourth-order valence-electron chi connectivity index (χ4n) is 5.58. The zero-order valence-electron chi connectivity index (χ0n) is 17.7. The third-order valence-corrected chi connectivity index (χ3v) is 7.33. The normalized spacial score (nSPS) is 27.2. The predicted octanol–water partition coefficient (Wildman–Crippen LogP) is 8.08. The minimum Gasteiger partial charge on any atom is -0.429 e. The molecule has 30 heavy (non-hydrogen) atoms. The van der Waals surface area contributed by atoms with Crippen LogP contribution in [0.2, 0.25) is 0 Å². The van der Waals surface area contributed by atoms with Crippen LogP contribution in [0.5, 0.6) is 5.75 Å². The van der Waals surface area contributed by atoms with Gasteiger partial charge in [-0.2, -0.15) is 8.78 Å². The van der Waals surface area contributed by atoms with Gasteiger partial charge in [-0.25, -0.2) is 8.78 Å². The molecule has 1 nitrogen and oxygen atoms in total. The summed E-state index contributed by atoms with van der Waals surface area (Å²) in [5.74, 6) is 0.0600. The van der Waals surface area contributed by atoms with E-state index in [1.165, 1.54) is 57.8 Å². The molecule has 2 saturated carbocycles. The Kier molecular flexibility index (Phi) is 8.64. The lowest BCUT2D eigenvalue weighted by atomic mass is 9.68. The van der Waals surface area contributed by atoms with E-state index < -0.39 is 24.0 Å². The second-order valence-electron chi connectivity index (χ2n) is 9.23. The minimum atomic E-state index is -3.24. The number of halogens is 4. The van der Waals surface area contributed by atoms with E-state index in [4.69, 9.17) is 0 Å². The Morgan fingerprint density at radius 3 is 1.83 bits per heavy atom. The number of hydrogen-bond acceptors (Lipinski definition) is 1. The molecule has 0 spiro atoms. The summed E-state index contributed by atoms with van der Waals surface area (Å²) in [7, 11) is 0. The third-order valence-electron chi connectivity index (χ3n) is 7.33. The van der Waals surface area contributed by atoms with Crippen molar-refractivity contribution in [2.24, 2.45) is 23.7 Å². The van der Waals surface area contributed by atoms with Gasteiger partial charge in [-0.15, -0.1) is 6.58 Å². The van der Waals surface area contributed by atoms with Gasteiger partial charge in [-0.1, -0.05) is 31.8 Å². The van der Waals surface area contributed by atoms with Crippen LogP contribution in [0, 0.1) is 35.3 Å². The van der Waals surface area contributed by atoms with Gasteiger partial charge in [0.1, 0.15) is 0 Å². The van der Waals surface area contributed by atoms with E-state index >= 15 is 0 Å². The molecule has 0 atom stereocenters. The molecule has 5 heteroatoms. The Bertz CT molecular complexity index is 651. The van der Waals surface area contributed by atoms with Gasteiger partial charge in [-0.3, -0.25) is 0 Å². The van der Waals surface area contributed by atoms with Crippen LogP contribution in [-0.4, -0.2) is 6.61 Å². The van der Waals surface area contributed by atoms with Crippen molar-refractivity contribution < 1.29 is 22.3 Å². The van der Waals surface area contributed by atoms with Crippen molar-refractivity contribution in [2.45, 2.75) is 83.7 Å². The summed E-state index contributed by atoms with van der Waals surface area (Å²) in [6.07, 6.45) is 16.2. The van der Waals surface area contributed by atoms with E-state index in [2.05, 4.69) is 11.3 Å². The lowest BCUT2D eigenvalue weighted by Crippen LogP contribution is -2.26. The molecule has 0 bridgehead atoms. The molecule has 0 unspecified atom stereocenters. The average Bonchev–Trinajstić information content (AvgIpc) is 2.74.